The van der Waals surface area contributed by atoms with Gasteiger partial charge in [0, 0.05) is 104 Å². The van der Waals surface area contributed by atoms with Gasteiger partial charge in [-0.2, -0.15) is 9.97 Å². The van der Waals surface area contributed by atoms with Crippen molar-refractivity contribution in [3.05, 3.63) is 119 Å². The highest BCUT2D eigenvalue weighted by atomic mass is 32.2. The van der Waals surface area contributed by atoms with E-state index in [1.807, 2.05) is 0 Å². The minimum Gasteiger partial charge on any atom is -0.484 e. The number of carbonyl (C=O) groups excluding carboxylic acids is 3. The second kappa shape index (κ2) is 25.5. The lowest BCUT2D eigenvalue weighted by Gasteiger charge is -2.27. The number of rotatable bonds is 21. The molecule has 548 valence electrons. The van der Waals surface area contributed by atoms with Crippen molar-refractivity contribution in [3.8, 4) is 17.2 Å². The average molecular weight is 1480 g/mol. The molecular weight excluding hydrogens is 1400 g/mol. The Kier molecular flexibility index (Phi) is 18.8. The second-order valence-electron chi connectivity index (χ2n) is 28.9. The number of aromatic nitrogens is 6. The molecule has 3 saturated heterocycles. The maximum absolute atomic E-state index is 14.1. The zero-order chi connectivity index (χ0) is 74.1. The number of benzene rings is 3. The molecule has 0 N–H and O–H groups in total. The number of carbonyl (C=O) groups is 3. The Morgan fingerprint density at radius 2 is 0.832 bits per heavy atom. The molecule has 4 aliphatic carbocycles. The quantitative estimate of drug-likeness (QED) is 0.0605. The molecule has 6 heterocycles. The van der Waals surface area contributed by atoms with E-state index in [1.54, 1.807) is 28.3 Å². The molecule has 3 amide bonds. The summed E-state index contributed by atoms with van der Waals surface area (Å²) in [5.74, 6) is -11.9. The van der Waals surface area contributed by atoms with Crippen molar-refractivity contribution >= 4 is 47.2 Å². The zero-order valence-electron chi connectivity index (χ0n) is 57.2. The summed E-state index contributed by atoms with van der Waals surface area (Å²) in [6.07, 6.45) is 6.13. The highest BCUT2D eigenvalue weighted by Crippen LogP contribution is 2.61. The number of sulfone groups is 3. The smallest absolute Gasteiger partial charge is 0.281 e. The predicted octanol–water partition coefficient (Wildman–Crippen LogP) is 10.1. The van der Waals surface area contributed by atoms with Gasteiger partial charge in [-0.05, 0) is 145 Å². The SMILES string of the molecule is C[C@H](Oc1ccc(S(C)(=O)=O)cc1C(=O)N1CC2CC2(c2ncccn2)C1)C(C)(F)F.C[C@H](Oc1ccc(S(C)(=O)=O)cc1C(=O)N1CC2CC2(c2noc(C(C)(C)C(C)(F)F)n2)C1)C(C)(F)F.C[C@H](Oc1ccc(S(C)(=O)=O)cc1C(=O)N1CC2CC2(c2noc(C3CC3)n2)C1)C(C)(F)F. The van der Waals surface area contributed by atoms with Gasteiger partial charge < -0.3 is 38.0 Å². The largest absolute Gasteiger partial charge is 0.484 e. The standard InChI is InChI=1S/C24H29F4N3O5S.C22H25F2N3O5S.C21H23F2N3O4S/c1-13(22(4,25)26)35-17-8-7-15(37(6,33)34)9-16(17)18(32)31-11-14-10-24(14,12-31)19-29-20(36-30-19)21(2,3)23(5,27)28;1-12(21(2,23)24)31-17-7-6-15(33(3,29)30)8-16(17)19(28)27-10-14-9-22(14,11-27)20-25-18(32-26-20)13-4-5-13;1-13(20(2,22)23)30-17-6-5-15(31(3,28)29)9-16(17)18(27)26-11-14-10-21(14,12-26)19-24-7-4-8-25-19/h7-9,13-14H,10-12H2,1-6H3;6-8,12-14H,4-5,9-11H2,1-3H3;4-9,13-14H,10-12H2,1-3H3/t13-,14?,24?;12-,14?,22?;13-,14?,21?/m000/s1. The van der Waals surface area contributed by atoms with Gasteiger partial charge >= 0.3 is 0 Å². The van der Waals surface area contributed by atoms with Crippen molar-refractivity contribution in [2.75, 3.05) is 58.0 Å². The summed E-state index contributed by atoms with van der Waals surface area (Å²) < 4.78 is 210. The summed E-state index contributed by atoms with van der Waals surface area (Å²) >= 11 is 0. The number of fused-ring (bicyclic) bond motifs is 3. The molecule has 3 aromatic carbocycles. The third-order valence-electron chi connectivity index (χ3n) is 20.5. The lowest BCUT2D eigenvalue weighted by Crippen LogP contribution is -2.38. The molecule has 3 aliphatic heterocycles. The van der Waals surface area contributed by atoms with Gasteiger partial charge in [0.25, 0.3) is 41.4 Å². The van der Waals surface area contributed by atoms with Gasteiger partial charge in [-0.15, -0.1) is 0 Å². The van der Waals surface area contributed by atoms with Gasteiger partial charge in [-0.25, -0.2) is 70.3 Å². The van der Waals surface area contributed by atoms with Gasteiger partial charge in [-0.3, -0.25) is 14.4 Å². The summed E-state index contributed by atoms with van der Waals surface area (Å²) in [5, 5.41) is 8.10. The Balaban J connectivity index is 0.000000153. The van der Waals surface area contributed by atoms with Crippen molar-refractivity contribution in [2.24, 2.45) is 17.8 Å². The third-order valence-corrected chi connectivity index (χ3v) is 23.8. The van der Waals surface area contributed by atoms with E-state index in [0.717, 1.165) is 78.2 Å². The summed E-state index contributed by atoms with van der Waals surface area (Å²) in [4.78, 5) is 62.1. The van der Waals surface area contributed by atoms with Gasteiger partial charge in [0.05, 0.1) is 47.6 Å². The molecule has 6 unspecified atom stereocenters. The number of nitrogens with zero attached hydrogens (tertiary/aromatic N) is 9. The minimum atomic E-state index is -3.70. The van der Waals surface area contributed by atoms with E-state index in [0.29, 0.717) is 63.0 Å². The molecule has 13 rings (SSSR count). The Morgan fingerprint density at radius 3 is 1.15 bits per heavy atom. The predicted molar refractivity (Wildman–Crippen MR) is 344 cm³/mol. The van der Waals surface area contributed by atoms with E-state index in [9.17, 15) is 74.8 Å². The fourth-order valence-electron chi connectivity index (χ4n) is 12.7. The van der Waals surface area contributed by atoms with Crippen LogP contribution in [0.25, 0.3) is 0 Å². The lowest BCUT2D eigenvalue weighted by atomic mass is 9.86. The van der Waals surface area contributed by atoms with Crippen LogP contribution in [0.5, 0.6) is 17.2 Å². The van der Waals surface area contributed by atoms with Crippen molar-refractivity contribution in [1.82, 2.24) is 44.9 Å². The lowest BCUT2D eigenvalue weighted by molar-refractivity contribution is -0.0722. The van der Waals surface area contributed by atoms with E-state index in [2.05, 4.69) is 30.2 Å². The first kappa shape index (κ1) is 74.3. The van der Waals surface area contributed by atoms with Crippen LogP contribution in [0.1, 0.15) is 161 Å². The summed E-state index contributed by atoms with van der Waals surface area (Å²) in [6, 6.07) is 12.6. The van der Waals surface area contributed by atoms with Crippen molar-refractivity contribution < 1.29 is 98.0 Å². The highest BCUT2D eigenvalue weighted by molar-refractivity contribution is 7.91. The molecule has 23 nitrogen and oxygen atoms in total. The Bertz CT molecular complexity index is 4580. The van der Waals surface area contributed by atoms with Crippen LogP contribution in [0.3, 0.4) is 0 Å². The molecule has 3 aromatic heterocycles. The van der Waals surface area contributed by atoms with E-state index in [-0.39, 0.29) is 102 Å². The maximum atomic E-state index is 14.1. The topological polar surface area (TPSA) is 295 Å². The van der Waals surface area contributed by atoms with Crippen molar-refractivity contribution in [3.63, 3.8) is 0 Å². The van der Waals surface area contributed by atoms with Crippen molar-refractivity contribution in [1.29, 1.82) is 0 Å². The third kappa shape index (κ3) is 15.0. The maximum Gasteiger partial charge on any atom is 0.281 e. The molecule has 6 aromatic rings. The summed E-state index contributed by atoms with van der Waals surface area (Å²) in [5.41, 5.74) is -3.35. The minimum absolute atomic E-state index is 0.0514. The molecule has 34 heteroatoms. The first-order valence-electron chi connectivity index (χ1n) is 32.4. The fourth-order valence-corrected chi connectivity index (χ4v) is 14.7. The molecule has 0 radical (unpaired) electrons. The first-order chi connectivity index (χ1) is 46.6. The number of ether oxygens (including phenoxy) is 3. The molecule has 0 bridgehead atoms. The van der Waals surface area contributed by atoms with E-state index in [1.165, 1.54) is 81.1 Å². The van der Waals surface area contributed by atoms with Gasteiger partial charge in [0.15, 0.2) is 59.5 Å². The van der Waals surface area contributed by atoms with Crippen molar-refractivity contribution in [2.45, 2.75) is 179 Å². The monoisotopic (exact) mass is 1480 g/mol. The molecule has 101 heavy (non-hydrogen) atoms. The Labute approximate surface area is 578 Å². The number of alkyl halides is 8. The van der Waals surface area contributed by atoms with Crippen LogP contribution in [0.2, 0.25) is 0 Å². The molecule has 9 atom stereocenters. The molecule has 0 spiro atoms. The molecule has 7 fully saturated rings. The number of likely N-dealkylation sites (tertiary alicyclic amines) is 3. The normalized spacial score (nSPS) is 24.2. The van der Waals surface area contributed by atoms with Gasteiger partial charge in [0.1, 0.15) is 28.5 Å². The van der Waals surface area contributed by atoms with E-state index < -0.39 is 100 Å². The number of piperidine rings is 3. The molecule has 7 aliphatic rings. The zero-order valence-corrected chi connectivity index (χ0v) is 59.7. The summed E-state index contributed by atoms with van der Waals surface area (Å²) in [7, 11) is -10.9. The van der Waals surface area contributed by atoms with Crippen LogP contribution in [0.15, 0.2) is 96.8 Å². The number of hydrogen-bond donors (Lipinski definition) is 0. The van der Waals surface area contributed by atoms with Crippen LogP contribution in [0.4, 0.5) is 35.1 Å². The van der Waals surface area contributed by atoms with Gasteiger partial charge in [0.2, 0.25) is 11.8 Å². The number of amides is 3. The summed E-state index contributed by atoms with van der Waals surface area (Å²) in [6.45, 7) is 11.1. The molecule has 4 saturated carbocycles. The number of hydrogen-bond acceptors (Lipinski definition) is 20. The van der Waals surface area contributed by atoms with Crippen LogP contribution >= 0.6 is 0 Å². The fraction of sp³-hybridized carbons (Fsp3) is 0.567. The van der Waals surface area contributed by atoms with Crippen LogP contribution in [0, 0.1) is 17.8 Å². The average Bonchev–Trinajstić information content (AvgIpc) is 1.55. The van der Waals surface area contributed by atoms with Gasteiger partial charge in [-0.1, -0.05) is 10.3 Å². The Hall–Kier alpha value is -7.88. The van der Waals surface area contributed by atoms with Crippen LogP contribution in [-0.2, 0) is 51.2 Å². The number of halogens is 8. The van der Waals surface area contributed by atoms with Crippen LogP contribution in [-0.4, -0.2) is 188 Å². The Morgan fingerprint density at radius 1 is 0.505 bits per heavy atom. The van der Waals surface area contributed by atoms with Crippen LogP contribution < -0.4 is 14.2 Å². The highest BCUT2D eigenvalue weighted by Gasteiger charge is 2.67. The van der Waals surface area contributed by atoms with E-state index in [4.69, 9.17) is 23.3 Å². The molecular formula is C67H77F8N9O14S3. The second-order valence-corrected chi connectivity index (χ2v) is 35.0. The van der Waals surface area contributed by atoms with E-state index >= 15 is 0 Å². The first-order valence-corrected chi connectivity index (χ1v) is 38.1.